The van der Waals surface area contributed by atoms with Gasteiger partial charge in [0.05, 0.1) is 0 Å². The lowest BCUT2D eigenvalue weighted by atomic mass is 10.0. The summed E-state index contributed by atoms with van der Waals surface area (Å²) in [5.41, 5.74) is 5.47. The first-order valence-electron chi connectivity index (χ1n) is 5.25. The molecule has 0 unspecified atom stereocenters. The number of hydrogen-bond donors (Lipinski definition) is 1. The van der Waals surface area contributed by atoms with Gasteiger partial charge in [-0.3, -0.25) is 9.69 Å². The molecule has 0 aromatic heterocycles. The molecule has 1 aliphatic rings. The van der Waals surface area contributed by atoms with E-state index in [0.29, 0.717) is 12.6 Å². The van der Waals surface area contributed by atoms with E-state index >= 15 is 0 Å². The highest BCUT2D eigenvalue weighted by Crippen LogP contribution is 2.15. The van der Waals surface area contributed by atoms with Gasteiger partial charge in [-0.05, 0) is 7.05 Å². The van der Waals surface area contributed by atoms with E-state index < -0.39 is 0 Å². The molecule has 0 spiro atoms. The minimum absolute atomic E-state index is 0.121. The molecule has 0 aromatic rings. The molecule has 0 aliphatic carbocycles. The van der Waals surface area contributed by atoms with Gasteiger partial charge in [-0.2, -0.15) is 0 Å². The van der Waals surface area contributed by atoms with E-state index in [2.05, 4.69) is 11.9 Å². The van der Waals surface area contributed by atoms with Crippen molar-refractivity contribution in [1.29, 1.82) is 0 Å². The number of nitrogens with zero attached hydrogens (tertiary/aromatic N) is 2. The van der Waals surface area contributed by atoms with E-state index in [4.69, 9.17) is 5.73 Å². The maximum Gasteiger partial charge on any atom is 0.225 e. The van der Waals surface area contributed by atoms with Crippen molar-refractivity contribution in [2.75, 3.05) is 33.2 Å². The van der Waals surface area contributed by atoms with E-state index in [1.807, 2.05) is 18.7 Å². The normalized spacial score (nSPS) is 17.7. The average Bonchev–Trinajstić information content (AvgIpc) is 2.01. The van der Waals surface area contributed by atoms with Crippen molar-refractivity contribution in [1.82, 2.24) is 9.80 Å². The lowest BCUT2D eigenvalue weighted by molar-refractivity contribution is -0.141. The Morgan fingerprint density at radius 1 is 1.57 bits per heavy atom. The van der Waals surface area contributed by atoms with Crippen LogP contribution in [0.15, 0.2) is 0 Å². The number of carbonyl (C=O) groups is 1. The monoisotopic (exact) mass is 199 g/mol. The fraction of sp³-hybridized carbons (Fsp3) is 0.900. The SMILES string of the molecule is CC(C)C(=O)N1CC(N(C)CCN)C1. The molecule has 0 bridgehead atoms. The number of carbonyl (C=O) groups excluding carboxylic acids is 1. The van der Waals surface area contributed by atoms with Crippen LogP contribution in [0.3, 0.4) is 0 Å². The summed E-state index contributed by atoms with van der Waals surface area (Å²) in [5, 5.41) is 0. The third-order valence-electron chi connectivity index (χ3n) is 2.77. The Morgan fingerprint density at radius 2 is 2.14 bits per heavy atom. The number of hydrogen-bond acceptors (Lipinski definition) is 3. The van der Waals surface area contributed by atoms with Gasteiger partial charge < -0.3 is 10.6 Å². The Balaban J connectivity index is 2.26. The number of likely N-dealkylation sites (tertiary alicyclic amines) is 1. The van der Waals surface area contributed by atoms with Crippen LogP contribution in [0.1, 0.15) is 13.8 Å². The first-order valence-corrected chi connectivity index (χ1v) is 5.25. The summed E-state index contributed by atoms with van der Waals surface area (Å²) in [7, 11) is 2.06. The molecule has 1 saturated heterocycles. The van der Waals surface area contributed by atoms with E-state index in [0.717, 1.165) is 19.6 Å². The zero-order chi connectivity index (χ0) is 10.7. The summed E-state index contributed by atoms with van der Waals surface area (Å²) in [5.74, 6) is 0.387. The third-order valence-corrected chi connectivity index (χ3v) is 2.77. The molecule has 1 amide bonds. The van der Waals surface area contributed by atoms with Crippen molar-refractivity contribution in [3.63, 3.8) is 0 Å². The van der Waals surface area contributed by atoms with E-state index in [-0.39, 0.29) is 11.8 Å². The molecule has 0 saturated carbocycles. The zero-order valence-corrected chi connectivity index (χ0v) is 9.36. The standard InChI is InChI=1S/C10H21N3O/c1-8(2)10(14)13-6-9(7-13)12(3)5-4-11/h8-9H,4-7,11H2,1-3H3. The lowest BCUT2D eigenvalue weighted by Gasteiger charge is -2.44. The molecule has 1 rings (SSSR count). The molecule has 4 heteroatoms. The van der Waals surface area contributed by atoms with E-state index in [1.54, 1.807) is 0 Å². The molecule has 0 radical (unpaired) electrons. The fourth-order valence-corrected chi connectivity index (χ4v) is 1.67. The minimum Gasteiger partial charge on any atom is -0.339 e. The van der Waals surface area contributed by atoms with Crippen LogP contribution >= 0.6 is 0 Å². The molecular formula is C10H21N3O. The lowest BCUT2D eigenvalue weighted by Crippen LogP contribution is -2.61. The Hall–Kier alpha value is -0.610. The zero-order valence-electron chi connectivity index (χ0n) is 9.36. The third kappa shape index (κ3) is 2.45. The van der Waals surface area contributed by atoms with Crippen molar-refractivity contribution in [3.8, 4) is 0 Å². The molecule has 1 heterocycles. The smallest absolute Gasteiger partial charge is 0.225 e. The van der Waals surface area contributed by atoms with Gasteiger partial charge in [-0.25, -0.2) is 0 Å². The summed E-state index contributed by atoms with van der Waals surface area (Å²) in [6.07, 6.45) is 0. The topological polar surface area (TPSA) is 49.6 Å². The number of likely N-dealkylation sites (N-methyl/N-ethyl adjacent to an activating group) is 1. The first-order chi connectivity index (χ1) is 6.56. The number of nitrogens with two attached hydrogens (primary N) is 1. The van der Waals surface area contributed by atoms with Crippen LogP contribution in [-0.4, -0.2) is 55.0 Å². The van der Waals surface area contributed by atoms with E-state index in [9.17, 15) is 4.79 Å². The molecule has 0 aromatic carbocycles. The largest absolute Gasteiger partial charge is 0.339 e. The van der Waals surface area contributed by atoms with Gasteiger partial charge in [-0.1, -0.05) is 13.8 Å². The Labute approximate surface area is 86.0 Å². The first kappa shape index (κ1) is 11.5. The highest BCUT2D eigenvalue weighted by molar-refractivity contribution is 5.79. The van der Waals surface area contributed by atoms with Crippen LogP contribution in [0.2, 0.25) is 0 Å². The van der Waals surface area contributed by atoms with Gasteiger partial charge in [0, 0.05) is 38.1 Å². The van der Waals surface area contributed by atoms with Crippen molar-refractivity contribution in [2.24, 2.45) is 11.7 Å². The second-order valence-corrected chi connectivity index (χ2v) is 4.32. The molecular weight excluding hydrogens is 178 g/mol. The van der Waals surface area contributed by atoms with Crippen molar-refractivity contribution < 1.29 is 4.79 Å². The maximum atomic E-state index is 11.5. The second kappa shape index (κ2) is 4.75. The highest BCUT2D eigenvalue weighted by Gasteiger charge is 2.33. The Bertz CT molecular complexity index is 200. The van der Waals surface area contributed by atoms with Crippen LogP contribution in [0.25, 0.3) is 0 Å². The van der Waals surface area contributed by atoms with Gasteiger partial charge in [0.15, 0.2) is 0 Å². The van der Waals surface area contributed by atoms with Crippen molar-refractivity contribution >= 4 is 5.91 Å². The number of amides is 1. The molecule has 14 heavy (non-hydrogen) atoms. The van der Waals surface area contributed by atoms with Gasteiger partial charge in [0.1, 0.15) is 0 Å². The van der Waals surface area contributed by atoms with Crippen molar-refractivity contribution in [2.45, 2.75) is 19.9 Å². The van der Waals surface area contributed by atoms with Gasteiger partial charge in [0.2, 0.25) is 5.91 Å². The molecule has 4 nitrogen and oxygen atoms in total. The molecule has 82 valence electrons. The van der Waals surface area contributed by atoms with Crippen LogP contribution in [0.4, 0.5) is 0 Å². The highest BCUT2D eigenvalue weighted by atomic mass is 16.2. The summed E-state index contributed by atoms with van der Waals surface area (Å²) in [6, 6.07) is 0.515. The number of rotatable bonds is 4. The van der Waals surface area contributed by atoms with Crippen LogP contribution < -0.4 is 5.73 Å². The summed E-state index contributed by atoms with van der Waals surface area (Å²) in [4.78, 5) is 15.7. The maximum absolute atomic E-state index is 11.5. The molecule has 1 aliphatic heterocycles. The molecule has 2 N–H and O–H groups in total. The van der Waals surface area contributed by atoms with Gasteiger partial charge in [0.25, 0.3) is 0 Å². The fourth-order valence-electron chi connectivity index (χ4n) is 1.67. The van der Waals surface area contributed by atoms with Crippen LogP contribution in [0.5, 0.6) is 0 Å². The molecule has 1 fully saturated rings. The Morgan fingerprint density at radius 3 is 2.57 bits per heavy atom. The van der Waals surface area contributed by atoms with E-state index in [1.165, 1.54) is 0 Å². The average molecular weight is 199 g/mol. The van der Waals surface area contributed by atoms with Crippen LogP contribution in [-0.2, 0) is 4.79 Å². The Kier molecular flexibility index (Phi) is 3.89. The van der Waals surface area contributed by atoms with Crippen LogP contribution in [0, 0.1) is 5.92 Å². The summed E-state index contributed by atoms with van der Waals surface area (Å²) in [6.45, 7) is 7.22. The van der Waals surface area contributed by atoms with Gasteiger partial charge in [-0.15, -0.1) is 0 Å². The van der Waals surface area contributed by atoms with Gasteiger partial charge >= 0.3 is 0 Å². The predicted molar refractivity (Wildman–Crippen MR) is 56.9 cm³/mol. The predicted octanol–water partition coefficient (Wildman–Crippen LogP) is -0.256. The minimum atomic E-state index is 0.121. The summed E-state index contributed by atoms with van der Waals surface area (Å²) >= 11 is 0. The quantitative estimate of drug-likeness (QED) is 0.679. The molecule has 0 atom stereocenters. The summed E-state index contributed by atoms with van der Waals surface area (Å²) < 4.78 is 0. The van der Waals surface area contributed by atoms with Crippen molar-refractivity contribution in [3.05, 3.63) is 0 Å². The second-order valence-electron chi connectivity index (χ2n) is 4.32.